The molecule has 1 rings (SSSR count). The standard InChI is InChI=1S/C11H13NO5/c1-6(2)7-5-10(17-3)8(11(13)14)4-9(7)12(15)16/h4-6H,1-3H3,(H,13,14). The van der Waals surface area contributed by atoms with Crippen molar-refractivity contribution in [2.45, 2.75) is 19.8 Å². The molecule has 92 valence electrons. The van der Waals surface area contributed by atoms with E-state index in [1.807, 2.05) is 0 Å². The molecule has 0 bridgehead atoms. The first-order chi connectivity index (χ1) is 7.88. The Balaban J connectivity index is 3.53. The van der Waals surface area contributed by atoms with Crippen LogP contribution in [-0.2, 0) is 0 Å². The molecular formula is C11H13NO5. The third-order valence-electron chi connectivity index (χ3n) is 2.40. The van der Waals surface area contributed by atoms with E-state index in [1.165, 1.54) is 13.2 Å². The Kier molecular flexibility index (Phi) is 3.67. The van der Waals surface area contributed by atoms with Crippen LogP contribution in [0, 0.1) is 10.1 Å². The van der Waals surface area contributed by atoms with Gasteiger partial charge in [0.25, 0.3) is 5.69 Å². The van der Waals surface area contributed by atoms with Crippen molar-refractivity contribution in [2.75, 3.05) is 7.11 Å². The van der Waals surface area contributed by atoms with Gasteiger partial charge in [0.2, 0.25) is 0 Å². The fourth-order valence-corrected chi connectivity index (χ4v) is 1.54. The van der Waals surface area contributed by atoms with Crippen molar-refractivity contribution in [2.24, 2.45) is 0 Å². The van der Waals surface area contributed by atoms with Crippen LogP contribution in [0.3, 0.4) is 0 Å². The van der Waals surface area contributed by atoms with Crippen LogP contribution in [-0.4, -0.2) is 23.1 Å². The molecule has 0 unspecified atom stereocenters. The predicted octanol–water partition coefficient (Wildman–Crippen LogP) is 2.42. The molecule has 1 aromatic carbocycles. The van der Waals surface area contributed by atoms with E-state index in [-0.39, 0.29) is 22.9 Å². The van der Waals surface area contributed by atoms with Gasteiger partial charge in [-0.3, -0.25) is 10.1 Å². The summed E-state index contributed by atoms with van der Waals surface area (Å²) >= 11 is 0. The third kappa shape index (κ3) is 2.52. The average Bonchev–Trinajstić information content (AvgIpc) is 2.26. The van der Waals surface area contributed by atoms with E-state index in [0.29, 0.717) is 5.56 Å². The summed E-state index contributed by atoms with van der Waals surface area (Å²) in [5, 5.41) is 19.8. The van der Waals surface area contributed by atoms with E-state index >= 15 is 0 Å². The highest BCUT2D eigenvalue weighted by Gasteiger charge is 2.23. The number of nitro benzene ring substituents is 1. The average molecular weight is 239 g/mol. The van der Waals surface area contributed by atoms with Crippen LogP contribution in [0.4, 0.5) is 5.69 Å². The quantitative estimate of drug-likeness (QED) is 0.643. The molecule has 6 heteroatoms. The second kappa shape index (κ2) is 4.82. The fourth-order valence-electron chi connectivity index (χ4n) is 1.54. The summed E-state index contributed by atoms with van der Waals surface area (Å²) in [6, 6.07) is 2.45. The summed E-state index contributed by atoms with van der Waals surface area (Å²) < 4.78 is 4.93. The molecule has 0 aromatic heterocycles. The lowest BCUT2D eigenvalue weighted by atomic mass is 9.98. The van der Waals surface area contributed by atoms with Crippen molar-refractivity contribution in [3.63, 3.8) is 0 Å². The molecule has 0 heterocycles. The Morgan fingerprint density at radius 2 is 2.06 bits per heavy atom. The Labute approximate surface area is 98.0 Å². The highest BCUT2D eigenvalue weighted by molar-refractivity contribution is 5.92. The van der Waals surface area contributed by atoms with Gasteiger partial charge in [-0.15, -0.1) is 0 Å². The minimum Gasteiger partial charge on any atom is -0.496 e. The first-order valence-corrected chi connectivity index (χ1v) is 4.98. The first-order valence-electron chi connectivity index (χ1n) is 4.98. The smallest absolute Gasteiger partial charge is 0.339 e. The highest BCUT2D eigenvalue weighted by Crippen LogP contribution is 2.33. The van der Waals surface area contributed by atoms with Gasteiger partial charge in [0, 0.05) is 11.6 Å². The number of carbonyl (C=O) groups is 1. The van der Waals surface area contributed by atoms with Crippen molar-refractivity contribution < 1.29 is 19.6 Å². The molecule has 0 saturated heterocycles. The van der Waals surface area contributed by atoms with Crippen molar-refractivity contribution in [3.05, 3.63) is 33.4 Å². The number of nitro groups is 1. The molecule has 0 saturated carbocycles. The maximum atomic E-state index is 10.9. The van der Waals surface area contributed by atoms with E-state index in [1.54, 1.807) is 13.8 Å². The molecule has 0 amide bonds. The van der Waals surface area contributed by atoms with Gasteiger partial charge < -0.3 is 9.84 Å². The number of benzene rings is 1. The van der Waals surface area contributed by atoms with Crippen molar-refractivity contribution >= 4 is 11.7 Å². The van der Waals surface area contributed by atoms with E-state index in [9.17, 15) is 14.9 Å². The summed E-state index contributed by atoms with van der Waals surface area (Å²) in [4.78, 5) is 21.2. The normalized spacial score (nSPS) is 10.4. The van der Waals surface area contributed by atoms with Crippen molar-refractivity contribution in [1.82, 2.24) is 0 Å². The Morgan fingerprint density at radius 1 is 1.47 bits per heavy atom. The predicted molar refractivity (Wildman–Crippen MR) is 60.7 cm³/mol. The van der Waals surface area contributed by atoms with Crippen LogP contribution >= 0.6 is 0 Å². The number of aromatic carboxylic acids is 1. The number of rotatable bonds is 4. The second-order valence-electron chi connectivity index (χ2n) is 3.83. The third-order valence-corrected chi connectivity index (χ3v) is 2.40. The van der Waals surface area contributed by atoms with Crippen LogP contribution in [0.25, 0.3) is 0 Å². The lowest BCUT2D eigenvalue weighted by Crippen LogP contribution is -2.05. The van der Waals surface area contributed by atoms with Crippen LogP contribution in [0.1, 0.15) is 35.7 Å². The molecule has 0 aliphatic carbocycles. The maximum absolute atomic E-state index is 10.9. The van der Waals surface area contributed by atoms with E-state index in [0.717, 1.165) is 6.07 Å². The maximum Gasteiger partial charge on any atom is 0.339 e. The fraction of sp³-hybridized carbons (Fsp3) is 0.364. The summed E-state index contributed by atoms with van der Waals surface area (Å²) in [6.45, 7) is 3.59. The van der Waals surface area contributed by atoms with Crippen molar-refractivity contribution in [1.29, 1.82) is 0 Å². The van der Waals surface area contributed by atoms with Crippen LogP contribution in [0.5, 0.6) is 5.75 Å². The highest BCUT2D eigenvalue weighted by atomic mass is 16.6. The summed E-state index contributed by atoms with van der Waals surface area (Å²) in [5.41, 5.74) is 0.0543. The molecular weight excluding hydrogens is 226 g/mol. The Bertz CT molecular complexity index is 467. The van der Waals surface area contributed by atoms with Gasteiger partial charge >= 0.3 is 5.97 Å². The Hall–Kier alpha value is -2.11. The van der Waals surface area contributed by atoms with Gasteiger partial charge in [-0.05, 0) is 12.0 Å². The zero-order chi connectivity index (χ0) is 13.2. The minimum absolute atomic E-state index is 0.0906. The minimum atomic E-state index is -1.25. The number of hydrogen-bond donors (Lipinski definition) is 1. The summed E-state index contributed by atoms with van der Waals surface area (Å²) in [5.74, 6) is -1.21. The van der Waals surface area contributed by atoms with Gasteiger partial charge in [0.1, 0.15) is 11.3 Å². The largest absolute Gasteiger partial charge is 0.496 e. The van der Waals surface area contributed by atoms with E-state index in [4.69, 9.17) is 9.84 Å². The molecule has 6 nitrogen and oxygen atoms in total. The van der Waals surface area contributed by atoms with Crippen LogP contribution in [0.15, 0.2) is 12.1 Å². The molecule has 17 heavy (non-hydrogen) atoms. The van der Waals surface area contributed by atoms with E-state index in [2.05, 4.69) is 0 Å². The molecule has 0 aliphatic rings. The van der Waals surface area contributed by atoms with Crippen LogP contribution in [0.2, 0.25) is 0 Å². The molecule has 0 spiro atoms. The second-order valence-corrected chi connectivity index (χ2v) is 3.83. The molecule has 0 radical (unpaired) electrons. The monoisotopic (exact) mass is 239 g/mol. The lowest BCUT2D eigenvalue weighted by molar-refractivity contribution is -0.385. The first kappa shape index (κ1) is 13.0. The molecule has 1 aromatic rings. The Morgan fingerprint density at radius 3 is 2.41 bits per heavy atom. The lowest BCUT2D eigenvalue weighted by Gasteiger charge is -2.11. The van der Waals surface area contributed by atoms with Gasteiger partial charge in [0.05, 0.1) is 12.0 Å². The number of ether oxygens (including phenoxy) is 1. The van der Waals surface area contributed by atoms with E-state index < -0.39 is 10.9 Å². The number of nitrogens with zero attached hydrogens (tertiary/aromatic N) is 1. The topological polar surface area (TPSA) is 89.7 Å². The SMILES string of the molecule is COc1cc(C(C)C)c([N+](=O)[O-])cc1C(=O)O. The van der Waals surface area contributed by atoms with Gasteiger partial charge in [-0.1, -0.05) is 13.8 Å². The zero-order valence-corrected chi connectivity index (χ0v) is 9.76. The number of carboxylic acid groups (broad SMARTS) is 1. The van der Waals surface area contributed by atoms with Gasteiger partial charge in [-0.25, -0.2) is 4.79 Å². The zero-order valence-electron chi connectivity index (χ0n) is 9.76. The number of hydrogen-bond acceptors (Lipinski definition) is 4. The van der Waals surface area contributed by atoms with Gasteiger partial charge in [0.15, 0.2) is 0 Å². The van der Waals surface area contributed by atoms with Crippen molar-refractivity contribution in [3.8, 4) is 5.75 Å². The molecule has 0 atom stereocenters. The molecule has 0 fully saturated rings. The number of methoxy groups -OCH3 is 1. The summed E-state index contributed by atoms with van der Waals surface area (Å²) in [7, 11) is 1.33. The molecule has 0 aliphatic heterocycles. The van der Waals surface area contributed by atoms with Gasteiger partial charge in [-0.2, -0.15) is 0 Å². The summed E-state index contributed by atoms with van der Waals surface area (Å²) in [6.07, 6.45) is 0. The van der Waals surface area contributed by atoms with Crippen LogP contribution < -0.4 is 4.74 Å². The molecule has 1 N–H and O–H groups in total. The number of carboxylic acids is 1.